The molecule has 0 saturated carbocycles. The van der Waals surface area contributed by atoms with Crippen LogP contribution < -0.4 is 31.7 Å². The minimum absolute atomic E-state index is 0.00210. The molecule has 4 amide bonds. The standard InChI is InChI=1S/C30H41N5O7/c1-18(2)14-24(29(40)33-20(4)28(39)32-16-26(36)37)35-30(41)25(34-27(38)19(3)31)15-21-10-12-23(13-11-21)42-17-22-8-6-5-7-9-22/h5-13,18-20,24-25H,14-17,31H2,1-4H3,(H,32,39)(H,33,40)(H,34,38)(H,35,41)(H,36,37)/t19-,20-,24-,25-/m0/s1. The largest absolute Gasteiger partial charge is 0.489 e. The Labute approximate surface area is 245 Å². The van der Waals surface area contributed by atoms with Crippen LogP contribution in [0, 0.1) is 5.92 Å². The minimum Gasteiger partial charge on any atom is -0.489 e. The van der Waals surface area contributed by atoms with Gasteiger partial charge in [0.2, 0.25) is 23.6 Å². The molecule has 12 nitrogen and oxygen atoms in total. The summed E-state index contributed by atoms with van der Waals surface area (Å²) in [7, 11) is 0. The summed E-state index contributed by atoms with van der Waals surface area (Å²) in [6.07, 6.45) is 0.371. The molecule has 2 aromatic carbocycles. The highest BCUT2D eigenvalue weighted by atomic mass is 16.5. The van der Waals surface area contributed by atoms with Crippen LogP contribution in [0.1, 0.15) is 45.2 Å². The number of carbonyl (C=O) groups is 5. The summed E-state index contributed by atoms with van der Waals surface area (Å²) in [5.41, 5.74) is 7.48. The fourth-order valence-electron chi connectivity index (χ4n) is 3.88. The Kier molecular flexibility index (Phi) is 13.4. The molecule has 0 aromatic heterocycles. The van der Waals surface area contributed by atoms with E-state index in [1.165, 1.54) is 13.8 Å². The van der Waals surface area contributed by atoms with Gasteiger partial charge in [-0.1, -0.05) is 56.3 Å². The molecule has 0 spiro atoms. The number of ether oxygens (including phenoxy) is 1. The molecule has 0 aliphatic rings. The Morgan fingerprint density at radius 2 is 1.36 bits per heavy atom. The van der Waals surface area contributed by atoms with Gasteiger partial charge in [-0.3, -0.25) is 24.0 Å². The third-order valence-electron chi connectivity index (χ3n) is 6.16. The van der Waals surface area contributed by atoms with Crippen molar-refractivity contribution in [3.8, 4) is 5.75 Å². The fraction of sp³-hybridized carbons (Fsp3) is 0.433. The van der Waals surface area contributed by atoms with Gasteiger partial charge in [-0.05, 0) is 49.4 Å². The predicted molar refractivity (Wildman–Crippen MR) is 156 cm³/mol. The number of carboxylic acids is 1. The number of hydrogen-bond donors (Lipinski definition) is 6. The van der Waals surface area contributed by atoms with E-state index in [-0.39, 0.29) is 18.8 Å². The summed E-state index contributed by atoms with van der Waals surface area (Å²) in [6, 6.07) is 12.8. The van der Waals surface area contributed by atoms with Crippen molar-refractivity contribution in [3.63, 3.8) is 0 Å². The molecule has 12 heteroatoms. The van der Waals surface area contributed by atoms with E-state index in [0.29, 0.717) is 12.4 Å². The van der Waals surface area contributed by atoms with Crippen molar-refractivity contribution in [2.24, 2.45) is 11.7 Å². The van der Waals surface area contributed by atoms with Crippen LogP contribution in [0.2, 0.25) is 0 Å². The molecule has 4 atom stereocenters. The number of nitrogens with one attached hydrogen (secondary N) is 4. The second-order valence-electron chi connectivity index (χ2n) is 10.5. The van der Waals surface area contributed by atoms with Gasteiger partial charge >= 0.3 is 5.97 Å². The van der Waals surface area contributed by atoms with Crippen molar-refractivity contribution in [2.45, 2.75) is 71.3 Å². The van der Waals surface area contributed by atoms with Crippen LogP contribution >= 0.6 is 0 Å². The van der Waals surface area contributed by atoms with Crippen molar-refractivity contribution in [2.75, 3.05) is 6.54 Å². The first kappa shape index (κ1) is 33.8. The maximum Gasteiger partial charge on any atom is 0.322 e. The van der Waals surface area contributed by atoms with E-state index in [1.54, 1.807) is 24.3 Å². The summed E-state index contributed by atoms with van der Waals surface area (Å²) >= 11 is 0. The number of carbonyl (C=O) groups excluding carboxylic acids is 4. The molecule has 2 aromatic rings. The normalized spacial score (nSPS) is 13.7. The number of carboxylic acid groups (broad SMARTS) is 1. The van der Waals surface area contributed by atoms with E-state index < -0.39 is 60.3 Å². The SMILES string of the molecule is CC(C)C[C@H](NC(=O)[C@H](Cc1ccc(OCc2ccccc2)cc1)NC(=O)[C@H](C)N)C(=O)N[C@@H](C)C(=O)NCC(=O)O. The van der Waals surface area contributed by atoms with E-state index in [9.17, 15) is 24.0 Å². The molecule has 0 aliphatic carbocycles. The van der Waals surface area contributed by atoms with Gasteiger partial charge in [0.15, 0.2) is 0 Å². The van der Waals surface area contributed by atoms with Gasteiger partial charge in [0.1, 0.15) is 37.0 Å². The molecule has 7 N–H and O–H groups in total. The van der Waals surface area contributed by atoms with E-state index in [1.807, 2.05) is 44.2 Å². The Morgan fingerprint density at radius 1 is 0.762 bits per heavy atom. The number of nitrogens with two attached hydrogens (primary N) is 1. The number of aliphatic carboxylic acids is 1. The van der Waals surface area contributed by atoms with Gasteiger partial charge in [0, 0.05) is 6.42 Å². The van der Waals surface area contributed by atoms with Gasteiger partial charge in [0.25, 0.3) is 0 Å². The number of hydrogen-bond acceptors (Lipinski definition) is 7. The van der Waals surface area contributed by atoms with Gasteiger partial charge in [-0.15, -0.1) is 0 Å². The van der Waals surface area contributed by atoms with Crippen molar-refractivity contribution in [1.29, 1.82) is 0 Å². The van der Waals surface area contributed by atoms with Crippen LogP contribution in [0.4, 0.5) is 0 Å². The van der Waals surface area contributed by atoms with E-state index in [4.69, 9.17) is 15.6 Å². The lowest BCUT2D eigenvalue weighted by Gasteiger charge is -2.26. The van der Waals surface area contributed by atoms with Crippen molar-refractivity contribution < 1.29 is 33.8 Å². The molecule has 2 rings (SSSR count). The highest BCUT2D eigenvalue weighted by Crippen LogP contribution is 2.16. The summed E-state index contributed by atoms with van der Waals surface area (Å²) in [5, 5.41) is 18.8. The van der Waals surface area contributed by atoms with E-state index in [2.05, 4.69) is 21.3 Å². The Balaban J connectivity index is 2.12. The molecular formula is C30H41N5O7. The van der Waals surface area contributed by atoms with Crippen LogP contribution in [0.25, 0.3) is 0 Å². The van der Waals surface area contributed by atoms with Crippen LogP contribution in [-0.4, -0.2) is 65.4 Å². The van der Waals surface area contributed by atoms with Crippen LogP contribution in [0.15, 0.2) is 54.6 Å². The average molecular weight is 584 g/mol. The van der Waals surface area contributed by atoms with Crippen molar-refractivity contribution in [3.05, 3.63) is 65.7 Å². The van der Waals surface area contributed by atoms with Gasteiger partial charge < -0.3 is 36.8 Å². The second kappa shape index (κ2) is 16.7. The van der Waals surface area contributed by atoms with Crippen LogP contribution in [0.5, 0.6) is 5.75 Å². The third-order valence-corrected chi connectivity index (χ3v) is 6.16. The molecule has 228 valence electrons. The Morgan fingerprint density at radius 3 is 1.93 bits per heavy atom. The monoisotopic (exact) mass is 583 g/mol. The zero-order valence-electron chi connectivity index (χ0n) is 24.4. The van der Waals surface area contributed by atoms with Crippen LogP contribution in [-0.2, 0) is 37.0 Å². The topological polar surface area (TPSA) is 189 Å². The molecule has 0 unspecified atom stereocenters. The van der Waals surface area contributed by atoms with Gasteiger partial charge in [-0.2, -0.15) is 0 Å². The lowest BCUT2D eigenvalue weighted by molar-refractivity contribution is -0.138. The highest BCUT2D eigenvalue weighted by molar-refractivity contribution is 5.95. The molecule has 0 heterocycles. The van der Waals surface area contributed by atoms with Crippen molar-refractivity contribution >= 4 is 29.6 Å². The average Bonchev–Trinajstić information content (AvgIpc) is 2.94. The molecule has 0 radical (unpaired) electrons. The lowest BCUT2D eigenvalue weighted by atomic mass is 10.0. The predicted octanol–water partition coefficient (Wildman–Crippen LogP) is 0.877. The number of benzene rings is 2. The van der Waals surface area contributed by atoms with E-state index in [0.717, 1.165) is 11.1 Å². The smallest absolute Gasteiger partial charge is 0.322 e. The fourth-order valence-corrected chi connectivity index (χ4v) is 3.88. The first-order valence-electron chi connectivity index (χ1n) is 13.8. The molecule has 0 bridgehead atoms. The maximum atomic E-state index is 13.4. The summed E-state index contributed by atoms with van der Waals surface area (Å²) in [4.78, 5) is 61.8. The number of rotatable bonds is 16. The molecule has 42 heavy (non-hydrogen) atoms. The minimum atomic E-state index is -1.22. The molecule has 0 fully saturated rings. The Bertz CT molecular complexity index is 1200. The van der Waals surface area contributed by atoms with Gasteiger partial charge in [0.05, 0.1) is 6.04 Å². The lowest BCUT2D eigenvalue weighted by Crippen LogP contribution is -2.58. The molecule has 0 aliphatic heterocycles. The molecule has 0 saturated heterocycles. The summed E-state index contributed by atoms with van der Waals surface area (Å²) < 4.78 is 5.82. The van der Waals surface area contributed by atoms with E-state index >= 15 is 0 Å². The number of amides is 4. The first-order valence-corrected chi connectivity index (χ1v) is 13.8. The van der Waals surface area contributed by atoms with Crippen LogP contribution in [0.3, 0.4) is 0 Å². The summed E-state index contributed by atoms with van der Waals surface area (Å²) in [5.74, 6) is -3.02. The highest BCUT2D eigenvalue weighted by Gasteiger charge is 2.29. The quantitative estimate of drug-likeness (QED) is 0.168. The summed E-state index contributed by atoms with van der Waals surface area (Å²) in [6.45, 7) is 6.44. The van der Waals surface area contributed by atoms with Gasteiger partial charge in [-0.25, -0.2) is 0 Å². The third kappa shape index (κ3) is 12.0. The Hall–Kier alpha value is -4.45. The maximum absolute atomic E-state index is 13.4. The zero-order chi connectivity index (χ0) is 31.2. The molecular weight excluding hydrogens is 542 g/mol. The van der Waals surface area contributed by atoms with Crippen molar-refractivity contribution in [1.82, 2.24) is 21.3 Å². The second-order valence-corrected chi connectivity index (χ2v) is 10.5. The first-order chi connectivity index (χ1) is 19.8. The zero-order valence-corrected chi connectivity index (χ0v) is 24.4.